The molecule has 0 bridgehead atoms. The van der Waals surface area contributed by atoms with Crippen LogP contribution in [0.4, 0.5) is 0 Å². The van der Waals surface area contributed by atoms with E-state index >= 15 is 0 Å². The van der Waals surface area contributed by atoms with Crippen molar-refractivity contribution in [3.8, 4) is 23.0 Å². The zero-order valence-electron chi connectivity index (χ0n) is 18.2. The molecule has 2 aromatic rings. The largest absolute Gasteiger partial charge is 0.508 e. The molecular formula is C25H30O5. The minimum absolute atomic E-state index is 0.0391. The lowest BCUT2D eigenvalue weighted by Gasteiger charge is -2.41. The molecule has 2 aliphatic rings. The quantitative estimate of drug-likeness (QED) is 0.578. The van der Waals surface area contributed by atoms with Crippen molar-refractivity contribution in [1.82, 2.24) is 0 Å². The zero-order chi connectivity index (χ0) is 22.3. The van der Waals surface area contributed by atoms with Crippen LogP contribution in [-0.4, -0.2) is 16.7 Å². The fraction of sp³-hybridized carbons (Fsp3) is 0.320. The van der Waals surface area contributed by atoms with Gasteiger partial charge in [-0.05, 0) is 44.0 Å². The molecular weight excluding hydrogens is 380 g/mol. The highest BCUT2D eigenvalue weighted by atomic mass is 16.5. The first-order valence-electron chi connectivity index (χ1n) is 10.4. The molecule has 2 aromatic carbocycles. The Balaban J connectivity index is 0.000000757. The summed E-state index contributed by atoms with van der Waals surface area (Å²) in [5.74, 6) is 0.836. The Kier molecular flexibility index (Phi) is 7.70. The second-order valence-corrected chi connectivity index (χ2v) is 6.49. The number of aromatic hydroxyl groups is 2. The van der Waals surface area contributed by atoms with Crippen LogP contribution in [0.25, 0.3) is 0 Å². The van der Waals surface area contributed by atoms with E-state index in [1.807, 2.05) is 46.8 Å². The van der Waals surface area contributed by atoms with Crippen molar-refractivity contribution in [3.05, 3.63) is 70.8 Å². The second-order valence-electron chi connectivity index (χ2n) is 6.49. The summed E-state index contributed by atoms with van der Waals surface area (Å²) in [6, 6.07) is 9.44. The van der Waals surface area contributed by atoms with Gasteiger partial charge in [-0.3, -0.25) is 4.79 Å². The summed E-state index contributed by atoms with van der Waals surface area (Å²) < 4.78 is 11.7. The Hall–Kier alpha value is -3.21. The lowest BCUT2D eigenvalue weighted by atomic mass is 9.74. The fourth-order valence-electron chi connectivity index (χ4n) is 3.78. The number of phenols is 2. The predicted molar refractivity (Wildman–Crippen MR) is 118 cm³/mol. The Morgan fingerprint density at radius 3 is 1.97 bits per heavy atom. The molecule has 1 aliphatic carbocycles. The van der Waals surface area contributed by atoms with Crippen LogP contribution < -0.4 is 4.74 Å². The third-order valence-corrected chi connectivity index (χ3v) is 4.94. The molecule has 1 heterocycles. The van der Waals surface area contributed by atoms with Gasteiger partial charge < -0.3 is 19.7 Å². The maximum absolute atomic E-state index is 11.6. The maximum Gasteiger partial charge on any atom is 0.294 e. The van der Waals surface area contributed by atoms with E-state index in [0.29, 0.717) is 29.1 Å². The molecule has 0 aromatic heterocycles. The zero-order valence-corrected chi connectivity index (χ0v) is 18.2. The molecule has 0 unspecified atom stereocenters. The number of hydrogen-bond acceptors (Lipinski definition) is 5. The Labute approximate surface area is 178 Å². The van der Waals surface area contributed by atoms with E-state index in [2.05, 4.69) is 0 Å². The molecule has 4 rings (SSSR count). The van der Waals surface area contributed by atoms with Crippen LogP contribution >= 0.6 is 0 Å². The van der Waals surface area contributed by atoms with Gasteiger partial charge in [-0.2, -0.15) is 0 Å². The van der Waals surface area contributed by atoms with E-state index in [4.69, 9.17) is 9.47 Å². The lowest BCUT2D eigenvalue weighted by Crippen LogP contribution is -2.37. The fourth-order valence-corrected chi connectivity index (χ4v) is 3.78. The van der Waals surface area contributed by atoms with Crippen molar-refractivity contribution in [3.63, 3.8) is 0 Å². The highest BCUT2D eigenvalue weighted by Gasteiger charge is 2.48. The minimum Gasteiger partial charge on any atom is -0.508 e. The molecule has 0 atom stereocenters. The summed E-state index contributed by atoms with van der Waals surface area (Å²) in [6.07, 6.45) is 5.81. The molecule has 0 fully saturated rings. The first-order valence-corrected chi connectivity index (χ1v) is 10.4. The molecule has 0 radical (unpaired) electrons. The van der Waals surface area contributed by atoms with Gasteiger partial charge in [0.05, 0.1) is 0 Å². The average Bonchev–Trinajstić information content (AvgIpc) is 2.76. The van der Waals surface area contributed by atoms with Gasteiger partial charge in [0, 0.05) is 28.8 Å². The summed E-state index contributed by atoms with van der Waals surface area (Å²) in [5, 5.41) is 19.8. The number of allylic oxidation sites excluding steroid dienone is 2. The number of ether oxygens (including phenoxy) is 2. The molecule has 0 saturated carbocycles. The molecule has 2 N–H and O–H groups in total. The number of fused-ring (bicyclic) bond motifs is 2. The number of hydrogen-bond donors (Lipinski definition) is 2. The standard InChI is InChI=1S/C21H18O5.2C2H6/c1-13-4-2-3-5-16(13)21(25-12-22)17-8-6-14(23)10-19(17)26-20-11-15(24)7-9-18(20)21;2*1-2/h3,5-12,23-24H,2,4H2,1H3;2*1-2H3. The van der Waals surface area contributed by atoms with Crippen LogP contribution in [0.15, 0.2) is 59.7 Å². The van der Waals surface area contributed by atoms with Crippen LogP contribution in [0.1, 0.15) is 58.6 Å². The van der Waals surface area contributed by atoms with Crippen molar-refractivity contribution < 1.29 is 24.5 Å². The van der Waals surface area contributed by atoms with Crippen LogP contribution in [0, 0.1) is 0 Å². The van der Waals surface area contributed by atoms with Crippen molar-refractivity contribution in [2.24, 2.45) is 0 Å². The van der Waals surface area contributed by atoms with Gasteiger partial charge in [0.15, 0.2) is 5.60 Å². The van der Waals surface area contributed by atoms with E-state index in [9.17, 15) is 15.0 Å². The van der Waals surface area contributed by atoms with Crippen LogP contribution in [0.2, 0.25) is 0 Å². The normalized spacial score (nSPS) is 15.2. The maximum atomic E-state index is 11.6. The van der Waals surface area contributed by atoms with Crippen molar-refractivity contribution in [1.29, 1.82) is 0 Å². The van der Waals surface area contributed by atoms with Gasteiger partial charge in [0.2, 0.25) is 0 Å². The lowest BCUT2D eigenvalue weighted by molar-refractivity contribution is -0.138. The Bertz CT molecular complexity index is 905. The highest BCUT2D eigenvalue weighted by molar-refractivity contribution is 5.67. The molecule has 30 heavy (non-hydrogen) atoms. The van der Waals surface area contributed by atoms with Crippen molar-refractivity contribution in [2.75, 3.05) is 0 Å². The monoisotopic (exact) mass is 410 g/mol. The van der Waals surface area contributed by atoms with Crippen LogP contribution in [-0.2, 0) is 15.1 Å². The first-order chi connectivity index (χ1) is 14.6. The third kappa shape index (κ3) is 3.92. The predicted octanol–water partition coefficient (Wildman–Crippen LogP) is 6.34. The van der Waals surface area contributed by atoms with Crippen molar-refractivity contribution >= 4 is 6.47 Å². The Morgan fingerprint density at radius 1 is 0.967 bits per heavy atom. The van der Waals surface area contributed by atoms with Gasteiger partial charge in [0.1, 0.15) is 23.0 Å². The molecule has 0 amide bonds. The van der Waals surface area contributed by atoms with Crippen molar-refractivity contribution in [2.45, 2.75) is 53.1 Å². The summed E-state index contributed by atoms with van der Waals surface area (Å²) in [6.45, 7) is 10.5. The smallest absolute Gasteiger partial charge is 0.294 e. The van der Waals surface area contributed by atoms with E-state index in [0.717, 1.165) is 24.0 Å². The molecule has 0 saturated heterocycles. The van der Waals surface area contributed by atoms with Gasteiger partial charge in [-0.15, -0.1) is 0 Å². The number of carbonyl (C=O) groups excluding carboxylic acids is 1. The molecule has 5 heteroatoms. The molecule has 0 spiro atoms. The van der Waals surface area contributed by atoms with Gasteiger partial charge in [-0.25, -0.2) is 0 Å². The van der Waals surface area contributed by atoms with E-state index in [-0.39, 0.29) is 11.5 Å². The number of benzene rings is 2. The first kappa shape index (κ1) is 23.1. The topological polar surface area (TPSA) is 76.0 Å². The van der Waals surface area contributed by atoms with Gasteiger partial charge in [0.25, 0.3) is 6.47 Å². The summed E-state index contributed by atoms with van der Waals surface area (Å²) in [5.41, 5.74) is 2.02. The third-order valence-electron chi connectivity index (χ3n) is 4.94. The summed E-state index contributed by atoms with van der Waals surface area (Å²) in [4.78, 5) is 11.6. The second kappa shape index (κ2) is 10.0. The van der Waals surface area contributed by atoms with Gasteiger partial charge >= 0.3 is 0 Å². The highest BCUT2D eigenvalue weighted by Crippen LogP contribution is 2.55. The summed E-state index contributed by atoms with van der Waals surface area (Å²) in [7, 11) is 0. The van der Waals surface area contributed by atoms with E-state index < -0.39 is 5.60 Å². The van der Waals surface area contributed by atoms with E-state index in [1.54, 1.807) is 24.3 Å². The van der Waals surface area contributed by atoms with Gasteiger partial charge in [-0.1, -0.05) is 45.4 Å². The van der Waals surface area contributed by atoms with Crippen LogP contribution in [0.3, 0.4) is 0 Å². The number of rotatable bonds is 3. The molecule has 160 valence electrons. The van der Waals surface area contributed by atoms with Crippen LogP contribution in [0.5, 0.6) is 23.0 Å². The van der Waals surface area contributed by atoms with E-state index in [1.165, 1.54) is 12.1 Å². The SMILES string of the molecule is CC.CC.CC1=C(C2(OC=O)c3ccc(O)cc3Oc3cc(O)ccc32)C=CCC1. The molecule has 1 aliphatic heterocycles. The number of carbonyl (C=O) groups is 1. The number of phenolic OH excluding ortho intramolecular Hbond substituents is 2. The minimum atomic E-state index is -1.20. The molecule has 5 nitrogen and oxygen atoms in total. The average molecular weight is 411 g/mol. The Morgan fingerprint density at radius 2 is 1.50 bits per heavy atom. The summed E-state index contributed by atoms with van der Waals surface area (Å²) >= 11 is 0.